The van der Waals surface area contributed by atoms with Gasteiger partial charge in [-0.3, -0.25) is 0 Å². The largest absolute Gasteiger partial charge is 0.305 e. The van der Waals surface area contributed by atoms with Crippen molar-refractivity contribution in [2.45, 2.75) is 18.8 Å². The van der Waals surface area contributed by atoms with Gasteiger partial charge in [0.05, 0.1) is 0 Å². The molecule has 0 heterocycles. The Balaban J connectivity index is 2.63. The Labute approximate surface area is 88.8 Å². The SMILES string of the molecule is N=C1CCC(F)(F)c2ccc(Br)cc21. The highest BCUT2D eigenvalue weighted by Crippen LogP contribution is 2.40. The highest BCUT2D eigenvalue weighted by atomic mass is 79.9. The molecule has 0 unspecified atom stereocenters. The van der Waals surface area contributed by atoms with Crippen molar-refractivity contribution >= 4 is 21.6 Å². The molecule has 1 aliphatic rings. The summed E-state index contributed by atoms with van der Waals surface area (Å²) in [5, 5.41) is 7.59. The van der Waals surface area contributed by atoms with Crippen molar-refractivity contribution in [2.75, 3.05) is 0 Å². The number of hydrogen-bond donors (Lipinski definition) is 1. The van der Waals surface area contributed by atoms with E-state index in [1.54, 1.807) is 12.1 Å². The van der Waals surface area contributed by atoms with Crippen LogP contribution in [0, 0.1) is 5.41 Å². The van der Waals surface area contributed by atoms with Gasteiger partial charge in [0.1, 0.15) is 0 Å². The van der Waals surface area contributed by atoms with Crippen LogP contribution in [0.4, 0.5) is 8.78 Å². The first-order chi connectivity index (χ1) is 6.50. The molecule has 0 spiro atoms. The molecule has 1 N–H and O–H groups in total. The molecule has 4 heteroatoms. The van der Waals surface area contributed by atoms with E-state index in [0.717, 1.165) is 4.47 Å². The standard InChI is InChI=1S/C10H8BrF2N/c11-6-1-2-8-7(5-6)9(14)3-4-10(8,12)13/h1-2,5,14H,3-4H2. The van der Waals surface area contributed by atoms with Crippen LogP contribution >= 0.6 is 15.9 Å². The number of halogens is 3. The molecule has 0 bridgehead atoms. The fraction of sp³-hybridized carbons (Fsp3) is 0.300. The summed E-state index contributed by atoms with van der Waals surface area (Å²) >= 11 is 3.21. The first-order valence-corrected chi connectivity index (χ1v) is 5.06. The zero-order chi connectivity index (χ0) is 10.3. The van der Waals surface area contributed by atoms with Crippen molar-refractivity contribution in [1.82, 2.24) is 0 Å². The Kier molecular flexibility index (Phi) is 2.18. The molecular formula is C10H8BrF2N. The topological polar surface area (TPSA) is 23.9 Å². The number of hydrogen-bond acceptors (Lipinski definition) is 1. The van der Waals surface area contributed by atoms with E-state index in [1.165, 1.54) is 6.07 Å². The summed E-state index contributed by atoms with van der Waals surface area (Å²) in [6.07, 6.45) is -0.100. The summed E-state index contributed by atoms with van der Waals surface area (Å²) in [4.78, 5) is 0. The van der Waals surface area contributed by atoms with Crippen LogP contribution in [0.2, 0.25) is 0 Å². The van der Waals surface area contributed by atoms with Gasteiger partial charge >= 0.3 is 0 Å². The minimum Gasteiger partial charge on any atom is -0.305 e. The van der Waals surface area contributed by atoms with Crippen LogP contribution in [0.15, 0.2) is 22.7 Å². The second kappa shape index (κ2) is 3.12. The lowest BCUT2D eigenvalue weighted by atomic mass is 9.87. The van der Waals surface area contributed by atoms with Gasteiger partial charge in [-0.1, -0.05) is 22.0 Å². The summed E-state index contributed by atoms with van der Waals surface area (Å²) in [7, 11) is 0. The molecule has 1 aromatic carbocycles. The highest BCUT2D eigenvalue weighted by molar-refractivity contribution is 9.10. The van der Waals surface area contributed by atoms with E-state index in [2.05, 4.69) is 15.9 Å². The molecule has 1 aliphatic carbocycles. The van der Waals surface area contributed by atoms with Crippen LogP contribution in [-0.4, -0.2) is 5.71 Å². The van der Waals surface area contributed by atoms with E-state index < -0.39 is 5.92 Å². The Bertz CT molecular complexity index is 401. The molecule has 1 aromatic rings. The maximum Gasteiger partial charge on any atom is 0.274 e. The molecule has 2 rings (SSSR count). The number of rotatable bonds is 0. The van der Waals surface area contributed by atoms with Gasteiger partial charge in [-0.15, -0.1) is 0 Å². The molecule has 0 radical (unpaired) electrons. The van der Waals surface area contributed by atoms with Gasteiger partial charge in [0, 0.05) is 27.7 Å². The molecular weight excluding hydrogens is 252 g/mol. The molecule has 1 nitrogen and oxygen atoms in total. The zero-order valence-electron chi connectivity index (χ0n) is 7.28. The highest BCUT2D eigenvalue weighted by Gasteiger charge is 2.38. The first kappa shape index (κ1) is 9.77. The summed E-state index contributed by atoms with van der Waals surface area (Å²) in [5.74, 6) is -2.78. The van der Waals surface area contributed by atoms with E-state index in [0.29, 0.717) is 11.3 Å². The monoisotopic (exact) mass is 259 g/mol. The lowest BCUT2D eigenvalue weighted by Gasteiger charge is -2.25. The lowest BCUT2D eigenvalue weighted by molar-refractivity contribution is -0.0140. The predicted octanol–water partition coefficient (Wildman–Crippen LogP) is 3.70. The van der Waals surface area contributed by atoms with Gasteiger partial charge in [0.2, 0.25) is 0 Å². The van der Waals surface area contributed by atoms with Crippen LogP contribution < -0.4 is 0 Å². The quantitative estimate of drug-likeness (QED) is 0.735. The van der Waals surface area contributed by atoms with E-state index in [4.69, 9.17) is 5.41 Å². The third-order valence-corrected chi connectivity index (χ3v) is 2.88. The summed E-state index contributed by atoms with van der Waals surface area (Å²) < 4.78 is 27.5. The van der Waals surface area contributed by atoms with Gasteiger partial charge in [-0.05, 0) is 18.6 Å². The van der Waals surface area contributed by atoms with Crippen LogP contribution in [-0.2, 0) is 5.92 Å². The Hall–Kier alpha value is -0.770. The van der Waals surface area contributed by atoms with Crippen molar-refractivity contribution in [3.05, 3.63) is 33.8 Å². The second-order valence-corrected chi connectivity index (χ2v) is 4.29. The molecule has 0 aliphatic heterocycles. The Morgan fingerprint density at radius 1 is 1.36 bits per heavy atom. The van der Waals surface area contributed by atoms with E-state index in [1.807, 2.05) is 0 Å². The van der Waals surface area contributed by atoms with Crippen molar-refractivity contribution < 1.29 is 8.78 Å². The first-order valence-electron chi connectivity index (χ1n) is 4.26. The van der Waals surface area contributed by atoms with E-state index >= 15 is 0 Å². The lowest BCUT2D eigenvalue weighted by Crippen LogP contribution is -2.24. The molecule has 0 saturated heterocycles. The van der Waals surface area contributed by atoms with Gasteiger partial charge in [0.25, 0.3) is 5.92 Å². The van der Waals surface area contributed by atoms with Crippen LogP contribution in [0.25, 0.3) is 0 Å². The third kappa shape index (κ3) is 1.47. The van der Waals surface area contributed by atoms with Crippen molar-refractivity contribution in [3.63, 3.8) is 0 Å². The minimum atomic E-state index is -2.78. The summed E-state index contributed by atoms with van der Waals surface area (Å²) in [5.41, 5.74) is 0.653. The van der Waals surface area contributed by atoms with Crippen molar-refractivity contribution in [2.24, 2.45) is 0 Å². The predicted molar refractivity (Wildman–Crippen MR) is 54.1 cm³/mol. The molecule has 74 valence electrons. The number of fused-ring (bicyclic) bond motifs is 1. The zero-order valence-corrected chi connectivity index (χ0v) is 8.87. The second-order valence-electron chi connectivity index (χ2n) is 3.37. The van der Waals surface area contributed by atoms with Crippen LogP contribution in [0.1, 0.15) is 24.0 Å². The number of benzene rings is 1. The van der Waals surface area contributed by atoms with Crippen LogP contribution in [0.3, 0.4) is 0 Å². The fourth-order valence-electron chi connectivity index (χ4n) is 1.64. The molecule has 0 fully saturated rings. The minimum absolute atomic E-state index is 0.0167. The van der Waals surface area contributed by atoms with E-state index in [9.17, 15) is 8.78 Å². The van der Waals surface area contributed by atoms with E-state index in [-0.39, 0.29) is 18.4 Å². The molecule has 0 atom stereocenters. The number of nitrogens with one attached hydrogen (secondary N) is 1. The maximum absolute atomic E-state index is 13.4. The van der Waals surface area contributed by atoms with Gasteiger partial charge in [0.15, 0.2) is 0 Å². The third-order valence-electron chi connectivity index (χ3n) is 2.39. The molecule has 0 aromatic heterocycles. The maximum atomic E-state index is 13.4. The van der Waals surface area contributed by atoms with Gasteiger partial charge in [-0.25, -0.2) is 8.78 Å². The molecule has 14 heavy (non-hydrogen) atoms. The fourth-order valence-corrected chi connectivity index (χ4v) is 2.00. The van der Waals surface area contributed by atoms with Crippen molar-refractivity contribution in [1.29, 1.82) is 5.41 Å². The average Bonchev–Trinajstić information content (AvgIpc) is 2.12. The average molecular weight is 260 g/mol. The smallest absolute Gasteiger partial charge is 0.274 e. The Morgan fingerprint density at radius 2 is 2.07 bits per heavy atom. The van der Waals surface area contributed by atoms with Gasteiger partial charge in [-0.2, -0.15) is 0 Å². The number of alkyl halides is 2. The summed E-state index contributed by atoms with van der Waals surface area (Å²) in [6.45, 7) is 0. The van der Waals surface area contributed by atoms with Gasteiger partial charge < -0.3 is 5.41 Å². The van der Waals surface area contributed by atoms with Crippen molar-refractivity contribution in [3.8, 4) is 0 Å². The summed E-state index contributed by atoms with van der Waals surface area (Å²) in [6, 6.07) is 4.57. The molecule has 0 saturated carbocycles. The molecule has 0 amide bonds. The normalized spacial score (nSPS) is 19.2. The Morgan fingerprint density at radius 3 is 2.79 bits per heavy atom. The van der Waals surface area contributed by atoms with Crippen LogP contribution in [0.5, 0.6) is 0 Å².